The molecule has 1 aliphatic rings. The van der Waals surface area contributed by atoms with E-state index in [1.54, 1.807) is 4.90 Å². The van der Waals surface area contributed by atoms with Crippen molar-refractivity contribution in [1.82, 2.24) is 4.90 Å². The summed E-state index contributed by atoms with van der Waals surface area (Å²) in [6.45, 7) is 3.50. The van der Waals surface area contributed by atoms with E-state index in [9.17, 15) is 8.78 Å². The summed E-state index contributed by atoms with van der Waals surface area (Å²) in [5.41, 5.74) is 0. The lowest BCUT2D eigenvalue weighted by molar-refractivity contribution is 0.0780. The van der Waals surface area contributed by atoms with Crippen LogP contribution in [0.4, 0.5) is 8.78 Å². The molecule has 1 aliphatic heterocycles. The fourth-order valence-electron chi connectivity index (χ4n) is 1.32. The normalized spacial score (nSPS) is 36.3. The standard InChI is InChI=1S/C7H13F2N/c1-2-10-4-6(8)3-7(9)5-10/h6-7H,2-5H2,1H3/t6-,7+. The van der Waals surface area contributed by atoms with E-state index in [1.807, 2.05) is 6.92 Å². The summed E-state index contributed by atoms with van der Waals surface area (Å²) < 4.78 is 25.2. The SMILES string of the molecule is CCN1C[C@H](F)C[C@H](F)C1. The van der Waals surface area contributed by atoms with Gasteiger partial charge < -0.3 is 0 Å². The van der Waals surface area contributed by atoms with Gasteiger partial charge in [-0.15, -0.1) is 0 Å². The molecule has 0 spiro atoms. The van der Waals surface area contributed by atoms with Crippen LogP contribution in [0.2, 0.25) is 0 Å². The molecule has 0 radical (unpaired) electrons. The van der Waals surface area contributed by atoms with Crippen LogP contribution in [0.1, 0.15) is 13.3 Å². The van der Waals surface area contributed by atoms with Crippen molar-refractivity contribution in [2.24, 2.45) is 0 Å². The fourth-order valence-corrected chi connectivity index (χ4v) is 1.32. The van der Waals surface area contributed by atoms with Crippen molar-refractivity contribution in [3.8, 4) is 0 Å². The van der Waals surface area contributed by atoms with E-state index in [4.69, 9.17) is 0 Å². The summed E-state index contributed by atoms with van der Waals surface area (Å²) in [7, 11) is 0. The van der Waals surface area contributed by atoms with Crippen molar-refractivity contribution in [3.63, 3.8) is 0 Å². The largest absolute Gasteiger partial charge is 0.298 e. The zero-order valence-electron chi connectivity index (χ0n) is 6.19. The molecule has 0 aromatic heterocycles. The number of hydrogen-bond acceptors (Lipinski definition) is 1. The van der Waals surface area contributed by atoms with Crippen LogP contribution in [0.15, 0.2) is 0 Å². The minimum atomic E-state index is -0.955. The summed E-state index contributed by atoms with van der Waals surface area (Å²) in [6, 6.07) is 0. The highest BCUT2D eigenvalue weighted by molar-refractivity contribution is 4.77. The van der Waals surface area contributed by atoms with Crippen molar-refractivity contribution in [1.29, 1.82) is 0 Å². The van der Waals surface area contributed by atoms with Crippen LogP contribution >= 0.6 is 0 Å². The van der Waals surface area contributed by atoms with Crippen molar-refractivity contribution in [3.05, 3.63) is 0 Å². The van der Waals surface area contributed by atoms with E-state index in [-0.39, 0.29) is 6.42 Å². The first-order chi connectivity index (χ1) is 4.72. The third-order valence-electron chi connectivity index (χ3n) is 1.87. The first kappa shape index (κ1) is 7.92. The van der Waals surface area contributed by atoms with E-state index >= 15 is 0 Å². The number of hydrogen-bond donors (Lipinski definition) is 0. The molecule has 1 nitrogen and oxygen atoms in total. The molecule has 0 aliphatic carbocycles. The van der Waals surface area contributed by atoms with Gasteiger partial charge in [-0.2, -0.15) is 0 Å². The van der Waals surface area contributed by atoms with Crippen LogP contribution in [0.3, 0.4) is 0 Å². The lowest BCUT2D eigenvalue weighted by Crippen LogP contribution is -2.42. The maximum Gasteiger partial charge on any atom is 0.116 e. The Kier molecular flexibility index (Phi) is 2.60. The van der Waals surface area contributed by atoms with Crippen LogP contribution in [0.25, 0.3) is 0 Å². The monoisotopic (exact) mass is 149 g/mol. The number of halogens is 2. The lowest BCUT2D eigenvalue weighted by Gasteiger charge is -2.29. The Balaban J connectivity index is 2.35. The van der Waals surface area contributed by atoms with E-state index in [0.29, 0.717) is 13.1 Å². The van der Waals surface area contributed by atoms with Crippen molar-refractivity contribution in [2.45, 2.75) is 25.7 Å². The highest BCUT2D eigenvalue weighted by atomic mass is 19.1. The van der Waals surface area contributed by atoms with Gasteiger partial charge in [0.2, 0.25) is 0 Å². The Bertz CT molecular complexity index is 97.8. The molecule has 0 N–H and O–H groups in total. The van der Waals surface area contributed by atoms with Gasteiger partial charge in [0.1, 0.15) is 12.3 Å². The third-order valence-corrected chi connectivity index (χ3v) is 1.87. The van der Waals surface area contributed by atoms with E-state index in [0.717, 1.165) is 6.54 Å². The molecule has 0 amide bonds. The number of nitrogens with zero attached hydrogens (tertiary/aromatic N) is 1. The summed E-state index contributed by atoms with van der Waals surface area (Å²) in [5.74, 6) is 0. The number of piperidine rings is 1. The Morgan fingerprint density at radius 2 is 1.80 bits per heavy atom. The highest BCUT2D eigenvalue weighted by Gasteiger charge is 2.25. The minimum Gasteiger partial charge on any atom is -0.298 e. The first-order valence-corrected chi connectivity index (χ1v) is 3.73. The molecule has 0 saturated carbocycles. The molecule has 1 rings (SSSR count). The van der Waals surface area contributed by atoms with Crippen molar-refractivity contribution < 1.29 is 8.78 Å². The molecule has 1 fully saturated rings. The van der Waals surface area contributed by atoms with Gasteiger partial charge in [0.05, 0.1) is 0 Å². The molecular formula is C7H13F2N. The second-order valence-electron chi connectivity index (χ2n) is 2.78. The third kappa shape index (κ3) is 1.90. The lowest BCUT2D eigenvalue weighted by atomic mass is 10.1. The summed E-state index contributed by atoms with van der Waals surface area (Å²) >= 11 is 0. The molecule has 2 atom stereocenters. The van der Waals surface area contributed by atoms with Crippen molar-refractivity contribution >= 4 is 0 Å². The molecule has 0 unspecified atom stereocenters. The topological polar surface area (TPSA) is 3.24 Å². The van der Waals surface area contributed by atoms with Crippen LogP contribution < -0.4 is 0 Å². The van der Waals surface area contributed by atoms with Gasteiger partial charge in [0.15, 0.2) is 0 Å². The summed E-state index contributed by atoms with van der Waals surface area (Å²) in [6.07, 6.45) is -1.82. The predicted octanol–water partition coefficient (Wildman–Crippen LogP) is 1.39. The molecule has 1 saturated heterocycles. The molecule has 60 valence electrons. The number of rotatable bonds is 1. The molecule has 0 bridgehead atoms. The Morgan fingerprint density at radius 1 is 1.30 bits per heavy atom. The van der Waals surface area contributed by atoms with E-state index in [1.165, 1.54) is 0 Å². The maximum atomic E-state index is 12.6. The Labute approximate surface area is 60.0 Å². The Hall–Kier alpha value is -0.180. The number of alkyl halides is 2. The minimum absolute atomic E-state index is 0.0938. The quantitative estimate of drug-likeness (QED) is 0.544. The predicted molar refractivity (Wildman–Crippen MR) is 36.5 cm³/mol. The van der Waals surface area contributed by atoms with Crippen LogP contribution in [-0.4, -0.2) is 36.9 Å². The van der Waals surface area contributed by atoms with Gasteiger partial charge in [-0.25, -0.2) is 8.78 Å². The average molecular weight is 149 g/mol. The second kappa shape index (κ2) is 3.28. The van der Waals surface area contributed by atoms with Gasteiger partial charge in [-0.05, 0) is 6.54 Å². The molecule has 10 heavy (non-hydrogen) atoms. The summed E-state index contributed by atoms with van der Waals surface area (Å²) in [4.78, 5) is 1.80. The van der Waals surface area contributed by atoms with E-state index in [2.05, 4.69) is 0 Å². The highest BCUT2D eigenvalue weighted by Crippen LogP contribution is 2.15. The van der Waals surface area contributed by atoms with Gasteiger partial charge in [-0.1, -0.05) is 6.92 Å². The molecule has 3 heteroatoms. The smallest absolute Gasteiger partial charge is 0.116 e. The van der Waals surface area contributed by atoms with E-state index < -0.39 is 12.3 Å². The van der Waals surface area contributed by atoms with Crippen LogP contribution in [0.5, 0.6) is 0 Å². The van der Waals surface area contributed by atoms with Crippen LogP contribution in [-0.2, 0) is 0 Å². The van der Waals surface area contributed by atoms with Gasteiger partial charge >= 0.3 is 0 Å². The second-order valence-corrected chi connectivity index (χ2v) is 2.78. The van der Waals surface area contributed by atoms with Gasteiger partial charge in [-0.3, -0.25) is 4.90 Å². The van der Waals surface area contributed by atoms with Gasteiger partial charge in [0, 0.05) is 19.5 Å². The molecule has 0 aromatic rings. The maximum absolute atomic E-state index is 12.6. The molecule has 0 aromatic carbocycles. The van der Waals surface area contributed by atoms with Crippen molar-refractivity contribution in [2.75, 3.05) is 19.6 Å². The number of likely N-dealkylation sites (tertiary alicyclic amines) is 1. The van der Waals surface area contributed by atoms with Crippen LogP contribution in [0, 0.1) is 0 Å². The van der Waals surface area contributed by atoms with Gasteiger partial charge in [0.25, 0.3) is 0 Å². The zero-order chi connectivity index (χ0) is 7.56. The first-order valence-electron chi connectivity index (χ1n) is 3.73. The Morgan fingerprint density at radius 3 is 2.20 bits per heavy atom. The average Bonchev–Trinajstić information content (AvgIpc) is 1.85. The summed E-state index contributed by atoms with van der Waals surface area (Å²) in [5, 5.41) is 0. The molecular weight excluding hydrogens is 136 g/mol. The zero-order valence-corrected chi connectivity index (χ0v) is 6.19. The molecule has 1 heterocycles. The fraction of sp³-hybridized carbons (Fsp3) is 1.00.